The van der Waals surface area contributed by atoms with Crippen LogP contribution < -0.4 is 0 Å². The van der Waals surface area contributed by atoms with Crippen LogP contribution >= 0.6 is 0 Å². The summed E-state index contributed by atoms with van der Waals surface area (Å²) in [7, 11) is 0. The number of rotatable bonds is 3. The number of nitrogens with zero attached hydrogens (tertiary/aromatic N) is 3. The third-order valence-corrected chi connectivity index (χ3v) is 4.15. The topological polar surface area (TPSA) is 29.0 Å². The van der Waals surface area contributed by atoms with Crippen molar-refractivity contribution in [1.29, 1.82) is 0 Å². The van der Waals surface area contributed by atoms with Crippen LogP contribution in [0.1, 0.15) is 37.1 Å². The van der Waals surface area contributed by atoms with Crippen molar-refractivity contribution in [1.82, 2.24) is 15.1 Å². The molecule has 0 spiro atoms. The van der Waals surface area contributed by atoms with Crippen molar-refractivity contribution in [3.05, 3.63) is 47.7 Å². The lowest BCUT2D eigenvalue weighted by Crippen LogP contribution is -2.23. The van der Waals surface area contributed by atoms with Crippen LogP contribution in [0.15, 0.2) is 36.4 Å². The number of hydrogen-bond acceptors (Lipinski definition) is 3. The van der Waals surface area contributed by atoms with E-state index < -0.39 is 0 Å². The monoisotopic (exact) mass is 267 g/mol. The van der Waals surface area contributed by atoms with Gasteiger partial charge < -0.3 is 0 Å². The fourth-order valence-electron chi connectivity index (χ4n) is 2.85. The second-order valence-corrected chi connectivity index (χ2v) is 5.60. The van der Waals surface area contributed by atoms with Crippen LogP contribution in [0.2, 0.25) is 0 Å². The first kappa shape index (κ1) is 13.3. The van der Waals surface area contributed by atoms with E-state index in [1.807, 2.05) is 19.1 Å². The third-order valence-electron chi connectivity index (χ3n) is 4.15. The van der Waals surface area contributed by atoms with Gasteiger partial charge in [0.1, 0.15) is 0 Å². The molecule has 0 amide bonds. The highest BCUT2D eigenvalue weighted by molar-refractivity contribution is 5.59. The summed E-state index contributed by atoms with van der Waals surface area (Å²) in [5.41, 5.74) is 4.43. The van der Waals surface area contributed by atoms with Crippen molar-refractivity contribution in [2.24, 2.45) is 0 Å². The van der Waals surface area contributed by atoms with Crippen LogP contribution in [0.5, 0.6) is 0 Å². The molecule has 1 saturated heterocycles. The number of aromatic nitrogens is 2. The third kappa shape index (κ3) is 2.73. The Balaban J connectivity index is 1.87. The van der Waals surface area contributed by atoms with Gasteiger partial charge in [-0.05, 0) is 63.5 Å². The summed E-state index contributed by atoms with van der Waals surface area (Å²) < 4.78 is 0. The van der Waals surface area contributed by atoms with E-state index in [9.17, 15) is 0 Å². The zero-order chi connectivity index (χ0) is 13.9. The quantitative estimate of drug-likeness (QED) is 0.850. The van der Waals surface area contributed by atoms with E-state index in [2.05, 4.69) is 46.3 Å². The minimum atomic E-state index is 0.482. The van der Waals surface area contributed by atoms with Gasteiger partial charge in [0, 0.05) is 11.6 Å². The van der Waals surface area contributed by atoms with Crippen molar-refractivity contribution in [2.45, 2.75) is 32.7 Å². The summed E-state index contributed by atoms with van der Waals surface area (Å²) >= 11 is 0. The number of likely N-dealkylation sites (tertiary alicyclic amines) is 1. The Bertz CT molecular complexity index is 571. The molecule has 0 saturated carbocycles. The molecule has 1 atom stereocenters. The molecular formula is C17H21N3. The highest BCUT2D eigenvalue weighted by Crippen LogP contribution is 2.27. The second-order valence-electron chi connectivity index (χ2n) is 5.60. The Morgan fingerprint density at radius 2 is 1.85 bits per heavy atom. The van der Waals surface area contributed by atoms with Crippen molar-refractivity contribution in [2.75, 3.05) is 13.1 Å². The zero-order valence-corrected chi connectivity index (χ0v) is 12.2. The maximum Gasteiger partial charge on any atom is 0.0929 e. The Morgan fingerprint density at radius 3 is 2.55 bits per heavy atom. The summed E-state index contributed by atoms with van der Waals surface area (Å²) in [5.74, 6) is 0. The summed E-state index contributed by atoms with van der Waals surface area (Å²) in [6.45, 7) is 6.69. The van der Waals surface area contributed by atoms with E-state index in [4.69, 9.17) is 0 Å². The maximum absolute atomic E-state index is 4.28. The summed E-state index contributed by atoms with van der Waals surface area (Å²) in [5, 5.41) is 8.43. The lowest BCUT2D eigenvalue weighted by molar-refractivity contribution is 0.263. The number of benzene rings is 1. The molecule has 0 radical (unpaired) electrons. The van der Waals surface area contributed by atoms with Crippen molar-refractivity contribution >= 4 is 0 Å². The summed E-state index contributed by atoms with van der Waals surface area (Å²) in [6, 6.07) is 13.2. The Labute approximate surface area is 120 Å². The molecular weight excluding hydrogens is 246 g/mol. The first-order valence-corrected chi connectivity index (χ1v) is 7.39. The fourth-order valence-corrected chi connectivity index (χ4v) is 2.85. The van der Waals surface area contributed by atoms with Crippen molar-refractivity contribution < 1.29 is 0 Å². The van der Waals surface area contributed by atoms with E-state index in [1.54, 1.807) is 0 Å². The highest BCUT2D eigenvalue weighted by atomic mass is 15.2. The lowest BCUT2D eigenvalue weighted by atomic mass is 10.0. The Kier molecular flexibility index (Phi) is 3.79. The molecule has 3 heteroatoms. The first-order chi connectivity index (χ1) is 9.74. The van der Waals surface area contributed by atoms with Crippen LogP contribution in [0.3, 0.4) is 0 Å². The molecule has 3 rings (SSSR count). The first-order valence-electron chi connectivity index (χ1n) is 7.39. The summed E-state index contributed by atoms with van der Waals surface area (Å²) in [6.07, 6.45) is 2.65. The molecule has 1 aromatic carbocycles. The van der Waals surface area contributed by atoms with Crippen molar-refractivity contribution in [3.8, 4) is 11.3 Å². The average Bonchev–Trinajstić information content (AvgIpc) is 3.01. The Hall–Kier alpha value is -1.74. The van der Waals surface area contributed by atoms with Gasteiger partial charge in [-0.3, -0.25) is 4.90 Å². The number of aryl methyl sites for hydroxylation is 1. The molecule has 20 heavy (non-hydrogen) atoms. The smallest absolute Gasteiger partial charge is 0.0929 e. The fraction of sp³-hybridized carbons (Fsp3) is 0.412. The van der Waals surface area contributed by atoms with Gasteiger partial charge >= 0.3 is 0 Å². The van der Waals surface area contributed by atoms with Gasteiger partial charge in [0.15, 0.2) is 0 Å². The molecule has 1 aliphatic rings. The molecule has 0 aliphatic carbocycles. The lowest BCUT2D eigenvalue weighted by Gasteiger charge is -2.24. The highest BCUT2D eigenvalue weighted by Gasteiger charge is 2.19. The molecule has 1 aliphatic heterocycles. The molecule has 1 fully saturated rings. The average molecular weight is 267 g/mol. The number of hydrogen-bond donors (Lipinski definition) is 0. The molecule has 2 heterocycles. The molecule has 0 bridgehead atoms. The van der Waals surface area contributed by atoms with Crippen LogP contribution in [-0.4, -0.2) is 28.2 Å². The molecule has 0 unspecified atom stereocenters. The standard InChI is InChI=1S/C17H21N3/c1-13-8-9-17(19-18-13)16-7-5-6-15(12-16)14(2)20-10-3-4-11-20/h5-9,12,14H,3-4,10-11H2,1-2H3/t14-/m1/s1. The van der Waals surface area contributed by atoms with Gasteiger partial charge in [0.25, 0.3) is 0 Å². The van der Waals surface area contributed by atoms with Crippen LogP contribution in [0.25, 0.3) is 11.3 Å². The van der Waals surface area contributed by atoms with E-state index in [0.29, 0.717) is 6.04 Å². The Morgan fingerprint density at radius 1 is 1.05 bits per heavy atom. The van der Waals surface area contributed by atoms with Gasteiger partial charge in [0.2, 0.25) is 0 Å². The molecule has 2 aromatic rings. The van der Waals surface area contributed by atoms with Crippen LogP contribution in [0.4, 0.5) is 0 Å². The van der Waals surface area contributed by atoms with E-state index in [0.717, 1.165) is 17.0 Å². The van der Waals surface area contributed by atoms with Gasteiger partial charge in [-0.2, -0.15) is 10.2 Å². The zero-order valence-electron chi connectivity index (χ0n) is 12.2. The van der Waals surface area contributed by atoms with Gasteiger partial charge in [0.05, 0.1) is 11.4 Å². The van der Waals surface area contributed by atoms with Gasteiger partial charge in [-0.15, -0.1) is 0 Å². The molecule has 0 N–H and O–H groups in total. The predicted octanol–water partition coefficient (Wildman–Crippen LogP) is 3.61. The SMILES string of the molecule is Cc1ccc(-c2cccc([C@@H](C)N3CCCC3)c2)nn1. The molecule has 1 aromatic heterocycles. The normalized spacial score (nSPS) is 17.3. The van der Waals surface area contributed by atoms with E-state index in [-0.39, 0.29) is 0 Å². The minimum Gasteiger partial charge on any atom is -0.297 e. The van der Waals surface area contributed by atoms with Gasteiger partial charge in [-0.25, -0.2) is 0 Å². The molecule has 104 valence electrons. The van der Waals surface area contributed by atoms with Crippen molar-refractivity contribution in [3.63, 3.8) is 0 Å². The minimum absolute atomic E-state index is 0.482. The largest absolute Gasteiger partial charge is 0.297 e. The van der Waals surface area contributed by atoms with E-state index in [1.165, 1.54) is 31.5 Å². The predicted molar refractivity (Wildman–Crippen MR) is 81.4 cm³/mol. The molecule has 3 nitrogen and oxygen atoms in total. The second kappa shape index (κ2) is 5.71. The maximum atomic E-state index is 4.28. The summed E-state index contributed by atoms with van der Waals surface area (Å²) in [4.78, 5) is 2.56. The van der Waals surface area contributed by atoms with Crippen LogP contribution in [-0.2, 0) is 0 Å². The van der Waals surface area contributed by atoms with Gasteiger partial charge in [-0.1, -0.05) is 18.2 Å². The van der Waals surface area contributed by atoms with E-state index >= 15 is 0 Å². The van der Waals surface area contributed by atoms with Crippen LogP contribution in [0, 0.1) is 6.92 Å².